The number of anilines is 1. The van der Waals surface area contributed by atoms with Crippen molar-refractivity contribution in [3.05, 3.63) is 53.7 Å². The topological polar surface area (TPSA) is 79.4 Å². The number of nitrogens with zero attached hydrogens (tertiary/aromatic N) is 2. The van der Waals surface area contributed by atoms with Gasteiger partial charge in [0, 0.05) is 13.1 Å². The van der Waals surface area contributed by atoms with Gasteiger partial charge in [-0.15, -0.1) is 0 Å². The van der Waals surface area contributed by atoms with Crippen molar-refractivity contribution in [1.29, 1.82) is 0 Å². The fraction of sp³-hybridized carbons (Fsp3) is 0.400. The number of hydrogen-bond acceptors (Lipinski definition) is 5. The summed E-state index contributed by atoms with van der Waals surface area (Å²) in [6, 6.07) is 11.3. The van der Waals surface area contributed by atoms with E-state index >= 15 is 0 Å². The highest BCUT2D eigenvalue weighted by Gasteiger charge is 2.32. The third-order valence-electron chi connectivity index (χ3n) is 4.74. The van der Waals surface area contributed by atoms with Crippen LogP contribution in [0.25, 0.3) is 0 Å². The summed E-state index contributed by atoms with van der Waals surface area (Å²) in [5.41, 5.74) is 3.11. The van der Waals surface area contributed by atoms with E-state index in [4.69, 9.17) is 0 Å². The zero-order valence-electron chi connectivity index (χ0n) is 15.9. The molecule has 0 saturated carbocycles. The van der Waals surface area contributed by atoms with Gasteiger partial charge in [-0.25, -0.2) is 13.4 Å². The molecule has 27 heavy (non-hydrogen) atoms. The Kier molecular flexibility index (Phi) is 5.24. The average Bonchev–Trinajstić information content (AvgIpc) is 2.65. The van der Waals surface area contributed by atoms with Crippen molar-refractivity contribution >= 4 is 21.4 Å². The Balaban J connectivity index is 1.60. The molecule has 0 saturated heterocycles. The molecule has 1 aliphatic heterocycles. The van der Waals surface area contributed by atoms with E-state index in [1.165, 1.54) is 23.4 Å². The van der Waals surface area contributed by atoms with E-state index in [9.17, 15) is 13.2 Å². The average molecular weight is 388 g/mol. The van der Waals surface area contributed by atoms with Crippen molar-refractivity contribution in [1.82, 2.24) is 9.88 Å². The SMILES string of the molecule is CC(C)(C)S(=O)(=O)c1ccc(NCC(=O)N2CCc3ccccc3C2)cn1. The van der Waals surface area contributed by atoms with E-state index in [0.29, 0.717) is 18.8 Å². The van der Waals surface area contributed by atoms with E-state index in [1.54, 1.807) is 26.8 Å². The van der Waals surface area contributed by atoms with Gasteiger partial charge in [0.1, 0.15) is 0 Å². The van der Waals surface area contributed by atoms with Crippen molar-refractivity contribution in [3.8, 4) is 0 Å². The fourth-order valence-electron chi connectivity index (χ4n) is 2.96. The molecule has 1 aliphatic rings. The van der Waals surface area contributed by atoms with Crippen molar-refractivity contribution in [2.24, 2.45) is 0 Å². The predicted octanol–water partition coefficient (Wildman–Crippen LogP) is 2.65. The van der Waals surface area contributed by atoms with Gasteiger partial charge in [0.05, 0.1) is 23.2 Å². The summed E-state index contributed by atoms with van der Waals surface area (Å²) >= 11 is 0. The lowest BCUT2D eigenvalue weighted by molar-refractivity contribution is -0.130. The molecular formula is C20H25N3O3S. The number of pyridine rings is 1. The number of rotatable bonds is 4. The highest BCUT2D eigenvalue weighted by atomic mass is 32.2. The van der Waals surface area contributed by atoms with E-state index in [1.807, 2.05) is 17.0 Å². The van der Waals surface area contributed by atoms with Gasteiger partial charge in [0.25, 0.3) is 0 Å². The van der Waals surface area contributed by atoms with Gasteiger partial charge in [0.15, 0.2) is 14.9 Å². The third kappa shape index (κ3) is 4.13. The smallest absolute Gasteiger partial charge is 0.242 e. The molecule has 0 bridgehead atoms. The van der Waals surface area contributed by atoms with Gasteiger partial charge in [-0.1, -0.05) is 24.3 Å². The number of fused-ring (bicyclic) bond motifs is 1. The number of carbonyl (C=O) groups is 1. The van der Waals surface area contributed by atoms with E-state index in [2.05, 4.69) is 22.4 Å². The first-order valence-corrected chi connectivity index (χ1v) is 10.5. The molecule has 2 heterocycles. The summed E-state index contributed by atoms with van der Waals surface area (Å²) in [6.07, 6.45) is 2.32. The molecule has 0 radical (unpaired) electrons. The molecule has 0 atom stereocenters. The number of hydrogen-bond donors (Lipinski definition) is 1. The number of amides is 1. The molecule has 2 aromatic rings. The summed E-state index contributed by atoms with van der Waals surface area (Å²) in [5, 5.41) is 3.08. The Bertz CT molecular complexity index is 932. The molecular weight excluding hydrogens is 362 g/mol. The van der Waals surface area contributed by atoms with Gasteiger partial charge in [0.2, 0.25) is 5.91 Å². The second-order valence-electron chi connectivity index (χ2n) is 7.69. The number of benzene rings is 1. The standard InChI is InChI=1S/C20H25N3O3S/c1-20(2,3)27(25,26)18-9-8-17(12-22-18)21-13-19(24)23-11-10-15-6-4-5-7-16(15)14-23/h4-9,12,21H,10-11,13-14H2,1-3H3. The number of aromatic nitrogens is 1. The van der Waals surface area contributed by atoms with Crippen molar-refractivity contribution in [2.45, 2.75) is 43.5 Å². The Hall–Kier alpha value is -2.41. The van der Waals surface area contributed by atoms with Gasteiger partial charge in [-0.05, 0) is 50.5 Å². The van der Waals surface area contributed by atoms with Crippen LogP contribution in [0.15, 0.2) is 47.6 Å². The molecule has 1 N–H and O–H groups in total. The molecule has 0 unspecified atom stereocenters. The molecule has 0 spiro atoms. The zero-order valence-corrected chi connectivity index (χ0v) is 16.7. The van der Waals surface area contributed by atoms with Crippen LogP contribution in [0.4, 0.5) is 5.69 Å². The Morgan fingerprint density at radius 3 is 2.48 bits per heavy atom. The number of nitrogens with one attached hydrogen (secondary N) is 1. The third-order valence-corrected chi connectivity index (χ3v) is 7.15. The molecule has 7 heteroatoms. The normalized spacial score (nSPS) is 14.6. The van der Waals surface area contributed by atoms with Crippen LogP contribution in [0.1, 0.15) is 31.9 Å². The lowest BCUT2D eigenvalue weighted by Gasteiger charge is -2.29. The van der Waals surface area contributed by atoms with Crippen molar-refractivity contribution in [3.63, 3.8) is 0 Å². The van der Waals surface area contributed by atoms with Crippen LogP contribution in [0.5, 0.6) is 0 Å². The largest absolute Gasteiger partial charge is 0.375 e. The lowest BCUT2D eigenvalue weighted by Crippen LogP contribution is -2.39. The van der Waals surface area contributed by atoms with Crippen LogP contribution in [0, 0.1) is 0 Å². The molecule has 144 valence electrons. The molecule has 3 rings (SSSR count). The Morgan fingerprint density at radius 1 is 1.15 bits per heavy atom. The van der Waals surface area contributed by atoms with Crippen LogP contribution < -0.4 is 5.32 Å². The van der Waals surface area contributed by atoms with Gasteiger partial charge in [-0.2, -0.15) is 0 Å². The molecule has 1 amide bonds. The highest BCUT2D eigenvalue weighted by molar-refractivity contribution is 7.92. The first-order chi connectivity index (χ1) is 12.7. The summed E-state index contributed by atoms with van der Waals surface area (Å²) in [4.78, 5) is 18.4. The van der Waals surface area contributed by atoms with Gasteiger partial charge in [-0.3, -0.25) is 4.79 Å². The highest BCUT2D eigenvalue weighted by Crippen LogP contribution is 2.24. The maximum atomic E-state index is 12.5. The Labute approximate surface area is 160 Å². The van der Waals surface area contributed by atoms with E-state index < -0.39 is 14.6 Å². The van der Waals surface area contributed by atoms with Crippen LogP contribution in [0.3, 0.4) is 0 Å². The van der Waals surface area contributed by atoms with Gasteiger partial charge >= 0.3 is 0 Å². The lowest BCUT2D eigenvalue weighted by atomic mass is 10.00. The summed E-state index contributed by atoms with van der Waals surface area (Å²) in [7, 11) is -3.48. The minimum absolute atomic E-state index is 0.0101. The minimum atomic E-state index is -3.48. The monoisotopic (exact) mass is 387 g/mol. The second kappa shape index (κ2) is 7.31. The molecule has 0 aliphatic carbocycles. The van der Waals surface area contributed by atoms with Gasteiger partial charge < -0.3 is 10.2 Å². The van der Waals surface area contributed by atoms with Crippen molar-refractivity contribution in [2.75, 3.05) is 18.4 Å². The minimum Gasteiger partial charge on any atom is -0.375 e. The number of carbonyl (C=O) groups excluding carboxylic acids is 1. The maximum absolute atomic E-state index is 12.5. The predicted molar refractivity (Wildman–Crippen MR) is 105 cm³/mol. The van der Waals surface area contributed by atoms with Crippen molar-refractivity contribution < 1.29 is 13.2 Å². The van der Waals surface area contributed by atoms with E-state index in [-0.39, 0.29) is 17.5 Å². The van der Waals surface area contributed by atoms with Crippen LogP contribution in [-0.2, 0) is 27.6 Å². The summed E-state index contributed by atoms with van der Waals surface area (Å²) < 4.78 is 23.9. The summed E-state index contributed by atoms with van der Waals surface area (Å²) in [6.45, 7) is 6.41. The first kappa shape index (κ1) is 19.4. The summed E-state index contributed by atoms with van der Waals surface area (Å²) in [5.74, 6) is 0.0101. The quantitative estimate of drug-likeness (QED) is 0.872. The molecule has 0 fully saturated rings. The van der Waals surface area contributed by atoms with Crippen LogP contribution in [0.2, 0.25) is 0 Å². The molecule has 6 nitrogen and oxygen atoms in total. The second-order valence-corrected chi connectivity index (χ2v) is 10.3. The Morgan fingerprint density at radius 2 is 1.85 bits per heavy atom. The maximum Gasteiger partial charge on any atom is 0.242 e. The number of sulfone groups is 1. The zero-order chi connectivity index (χ0) is 19.7. The van der Waals surface area contributed by atoms with Crippen LogP contribution in [-0.4, -0.2) is 42.0 Å². The molecule has 1 aromatic carbocycles. The first-order valence-electron chi connectivity index (χ1n) is 8.97. The van der Waals surface area contributed by atoms with E-state index in [0.717, 1.165) is 6.42 Å². The fourth-order valence-corrected chi connectivity index (χ4v) is 4.02. The van der Waals surface area contributed by atoms with Crippen LogP contribution >= 0.6 is 0 Å². The molecule has 1 aromatic heterocycles.